The van der Waals surface area contributed by atoms with E-state index >= 15 is 0 Å². The molecule has 0 radical (unpaired) electrons. The number of hydrogen-bond donors (Lipinski definition) is 0. The molecule has 2 aliphatic heterocycles. The molecule has 19 heavy (non-hydrogen) atoms. The second-order valence-corrected chi connectivity index (χ2v) is 6.80. The first-order chi connectivity index (χ1) is 9.26. The van der Waals surface area contributed by atoms with Gasteiger partial charge < -0.3 is 0 Å². The van der Waals surface area contributed by atoms with Gasteiger partial charge >= 0.3 is 0 Å². The van der Waals surface area contributed by atoms with Crippen LogP contribution in [0.3, 0.4) is 0 Å². The van der Waals surface area contributed by atoms with Crippen LogP contribution in [0.5, 0.6) is 0 Å². The molecule has 0 unspecified atom stereocenters. The topological polar surface area (TPSA) is 6.48 Å². The first-order valence-corrected chi connectivity index (χ1v) is 8.60. The Morgan fingerprint density at radius 1 is 1.21 bits per heavy atom. The molecule has 2 heterocycles. The summed E-state index contributed by atoms with van der Waals surface area (Å²) in [7, 11) is 0. The Bertz CT molecular complexity index is 417. The van der Waals surface area contributed by atoms with Gasteiger partial charge in [-0.1, -0.05) is 12.1 Å². The van der Waals surface area contributed by atoms with Gasteiger partial charge in [0.15, 0.2) is 0 Å². The van der Waals surface area contributed by atoms with Gasteiger partial charge in [-0.05, 0) is 50.3 Å². The summed E-state index contributed by atoms with van der Waals surface area (Å²) in [5, 5.41) is 0. The lowest BCUT2D eigenvalue weighted by molar-refractivity contribution is 0.0540. The molecule has 2 saturated heterocycles. The van der Waals surface area contributed by atoms with Gasteiger partial charge in [0.05, 0.1) is 0 Å². The van der Waals surface area contributed by atoms with Crippen LogP contribution >= 0.6 is 11.8 Å². The van der Waals surface area contributed by atoms with E-state index in [2.05, 4.69) is 47.2 Å². The maximum atomic E-state index is 2.69. The number of thioether (sulfide) groups is 1. The van der Waals surface area contributed by atoms with Crippen LogP contribution in [0.4, 0.5) is 0 Å². The normalized spacial score (nSPS) is 28.5. The van der Waals surface area contributed by atoms with Crippen LogP contribution in [0.25, 0.3) is 0 Å². The van der Waals surface area contributed by atoms with E-state index in [1.807, 2.05) is 11.8 Å². The highest BCUT2D eigenvalue weighted by molar-refractivity contribution is 7.98. The fraction of sp³-hybridized carbons (Fsp3) is 0.625. The summed E-state index contributed by atoms with van der Waals surface area (Å²) in [6.07, 6.45) is 4.93. The van der Waals surface area contributed by atoms with Gasteiger partial charge in [0, 0.05) is 36.6 Å². The Hall–Kier alpha value is -0.510. The average Bonchev–Trinajstić information content (AvgIpc) is 2.87. The van der Waals surface area contributed by atoms with Crippen molar-refractivity contribution < 1.29 is 0 Å². The molecule has 2 fully saturated rings. The van der Waals surface area contributed by atoms with Crippen molar-refractivity contribution in [2.24, 2.45) is 0 Å². The van der Waals surface area contributed by atoms with Crippen molar-refractivity contribution in [3.8, 4) is 0 Å². The zero-order chi connectivity index (χ0) is 13.2. The Morgan fingerprint density at radius 2 is 2.00 bits per heavy atom. The minimum absolute atomic E-state index is 0.689. The summed E-state index contributed by atoms with van der Waals surface area (Å²) in [5.74, 6) is 0. The van der Waals surface area contributed by atoms with Crippen LogP contribution in [-0.4, -0.2) is 47.8 Å². The number of nitrogens with zero attached hydrogens (tertiary/aromatic N) is 2. The summed E-state index contributed by atoms with van der Waals surface area (Å²) in [6.45, 7) is 7.33. The zero-order valence-corrected chi connectivity index (χ0v) is 12.8. The monoisotopic (exact) mass is 276 g/mol. The summed E-state index contributed by atoms with van der Waals surface area (Å²) in [4.78, 5) is 6.72. The van der Waals surface area contributed by atoms with Gasteiger partial charge in [0.1, 0.15) is 0 Å². The summed E-state index contributed by atoms with van der Waals surface area (Å²) < 4.78 is 0. The molecule has 0 bridgehead atoms. The van der Waals surface area contributed by atoms with E-state index in [-0.39, 0.29) is 0 Å². The maximum absolute atomic E-state index is 2.69. The van der Waals surface area contributed by atoms with Gasteiger partial charge in [-0.2, -0.15) is 0 Å². The van der Waals surface area contributed by atoms with Crippen molar-refractivity contribution >= 4 is 11.8 Å². The second kappa shape index (κ2) is 5.86. The van der Waals surface area contributed by atoms with E-state index in [1.165, 1.54) is 42.9 Å². The van der Waals surface area contributed by atoms with Crippen LogP contribution in [0.15, 0.2) is 29.2 Å². The number of piperazine rings is 1. The molecule has 104 valence electrons. The first-order valence-electron chi connectivity index (χ1n) is 7.37. The van der Waals surface area contributed by atoms with Crippen LogP contribution in [0, 0.1) is 0 Å². The first kappa shape index (κ1) is 13.5. The van der Waals surface area contributed by atoms with Gasteiger partial charge in [0.2, 0.25) is 0 Å². The Kier molecular flexibility index (Phi) is 4.15. The molecule has 0 spiro atoms. The van der Waals surface area contributed by atoms with E-state index in [0.717, 1.165) is 12.6 Å². The van der Waals surface area contributed by atoms with Gasteiger partial charge in [-0.3, -0.25) is 9.80 Å². The number of rotatable bonds is 3. The van der Waals surface area contributed by atoms with Crippen LogP contribution in [0.1, 0.15) is 25.3 Å². The van der Waals surface area contributed by atoms with Gasteiger partial charge in [-0.25, -0.2) is 0 Å². The van der Waals surface area contributed by atoms with Crippen molar-refractivity contribution in [3.63, 3.8) is 0 Å². The lowest BCUT2D eigenvalue weighted by Gasteiger charge is -2.42. The van der Waals surface area contributed by atoms with E-state index in [1.54, 1.807) is 0 Å². The highest BCUT2D eigenvalue weighted by Gasteiger charge is 2.34. The molecule has 2 nitrogen and oxygen atoms in total. The van der Waals surface area contributed by atoms with Gasteiger partial charge in [-0.15, -0.1) is 11.8 Å². The third kappa shape index (κ3) is 2.99. The standard InChI is InChI=1S/C16H24N2S/c1-13-10-17-9-3-4-15(17)12-18(13)11-14-5-7-16(19-2)8-6-14/h5-8,13,15H,3-4,9-12H2,1-2H3/t13-,15+/m1/s1. The molecule has 1 aromatic rings. The summed E-state index contributed by atoms with van der Waals surface area (Å²) in [5.41, 5.74) is 1.45. The Balaban J connectivity index is 1.64. The zero-order valence-electron chi connectivity index (χ0n) is 12.0. The van der Waals surface area contributed by atoms with E-state index in [9.17, 15) is 0 Å². The largest absolute Gasteiger partial charge is 0.298 e. The third-order valence-electron chi connectivity index (χ3n) is 4.61. The number of fused-ring (bicyclic) bond motifs is 1. The molecule has 3 heteroatoms. The lowest BCUT2D eigenvalue weighted by Crippen LogP contribution is -2.54. The van der Waals surface area contributed by atoms with E-state index in [4.69, 9.17) is 0 Å². The van der Waals surface area contributed by atoms with E-state index in [0.29, 0.717) is 6.04 Å². The van der Waals surface area contributed by atoms with Crippen molar-refractivity contribution in [2.45, 2.75) is 43.3 Å². The third-order valence-corrected chi connectivity index (χ3v) is 5.35. The van der Waals surface area contributed by atoms with Crippen molar-refractivity contribution in [3.05, 3.63) is 29.8 Å². The summed E-state index contributed by atoms with van der Waals surface area (Å²) >= 11 is 1.82. The quantitative estimate of drug-likeness (QED) is 0.783. The second-order valence-electron chi connectivity index (χ2n) is 5.92. The number of benzene rings is 1. The number of hydrogen-bond acceptors (Lipinski definition) is 3. The molecule has 2 aliphatic rings. The van der Waals surface area contributed by atoms with Gasteiger partial charge in [0.25, 0.3) is 0 Å². The van der Waals surface area contributed by atoms with Crippen molar-refractivity contribution in [1.82, 2.24) is 9.80 Å². The average molecular weight is 276 g/mol. The van der Waals surface area contributed by atoms with Crippen LogP contribution in [0.2, 0.25) is 0 Å². The molecule has 0 aliphatic carbocycles. The molecule has 0 amide bonds. The van der Waals surface area contributed by atoms with Crippen LogP contribution < -0.4 is 0 Å². The molecular weight excluding hydrogens is 252 g/mol. The SMILES string of the molecule is CSc1ccc(CN2C[C@@H]3CCCN3C[C@H]2C)cc1. The smallest absolute Gasteiger partial charge is 0.0237 e. The molecular formula is C16H24N2S. The fourth-order valence-electron chi connectivity index (χ4n) is 3.43. The molecule has 0 saturated carbocycles. The fourth-order valence-corrected chi connectivity index (χ4v) is 3.84. The molecule has 2 atom stereocenters. The molecule has 3 rings (SSSR count). The lowest BCUT2D eigenvalue weighted by atomic mass is 10.1. The molecule has 0 aromatic heterocycles. The van der Waals surface area contributed by atoms with E-state index < -0.39 is 0 Å². The van der Waals surface area contributed by atoms with Crippen LogP contribution in [-0.2, 0) is 6.54 Å². The minimum Gasteiger partial charge on any atom is -0.298 e. The Labute approximate surface area is 121 Å². The maximum Gasteiger partial charge on any atom is 0.0237 e. The van der Waals surface area contributed by atoms with Crippen molar-refractivity contribution in [2.75, 3.05) is 25.9 Å². The predicted octanol–water partition coefficient (Wildman–Crippen LogP) is 3.08. The minimum atomic E-state index is 0.689. The highest BCUT2D eigenvalue weighted by Crippen LogP contribution is 2.26. The Morgan fingerprint density at radius 3 is 2.74 bits per heavy atom. The molecule has 1 aromatic carbocycles. The highest BCUT2D eigenvalue weighted by atomic mass is 32.2. The van der Waals surface area contributed by atoms with Crippen molar-refractivity contribution in [1.29, 1.82) is 0 Å². The predicted molar refractivity (Wildman–Crippen MR) is 82.7 cm³/mol. The molecule has 0 N–H and O–H groups in total. The summed E-state index contributed by atoms with van der Waals surface area (Å²) in [6, 6.07) is 10.6.